The van der Waals surface area contributed by atoms with E-state index in [0.717, 1.165) is 16.8 Å². The summed E-state index contributed by atoms with van der Waals surface area (Å²) in [4.78, 5) is 3.94. The monoisotopic (exact) mass is 322 g/mol. The summed E-state index contributed by atoms with van der Waals surface area (Å²) in [5, 5.41) is 6.21. The molecule has 0 fully saturated rings. The molecule has 0 radical (unpaired) electrons. The number of sulfone groups is 1. The van der Waals surface area contributed by atoms with Crippen LogP contribution in [0.1, 0.15) is 12.6 Å². The Morgan fingerprint density at radius 3 is 2.67 bits per heavy atom. The zero-order chi connectivity index (χ0) is 15.8. The lowest BCUT2D eigenvalue weighted by molar-refractivity contribution is -0.141. The average Bonchev–Trinajstić information content (AvgIpc) is 2.70. The molecule has 2 aromatic heterocycles. The highest BCUT2D eigenvalue weighted by atomic mass is 32.2. The molecule has 10 heteroatoms. The molecule has 1 N–H and O–H groups in total. The van der Waals surface area contributed by atoms with Gasteiger partial charge in [-0.1, -0.05) is 0 Å². The molecule has 2 aromatic rings. The van der Waals surface area contributed by atoms with Gasteiger partial charge in [0.2, 0.25) is 0 Å². The SMILES string of the molecule is CC(CS(C)(=O)=O)Nc1nccn2nc(C(F)(F)F)cc12. The number of rotatable bonds is 4. The molecule has 0 saturated heterocycles. The van der Waals surface area contributed by atoms with Crippen LogP contribution in [-0.4, -0.2) is 41.1 Å². The molecule has 0 aliphatic rings. The van der Waals surface area contributed by atoms with Crippen molar-refractivity contribution in [2.24, 2.45) is 0 Å². The maximum atomic E-state index is 12.6. The minimum atomic E-state index is -4.55. The molecule has 0 aromatic carbocycles. The van der Waals surface area contributed by atoms with E-state index in [2.05, 4.69) is 15.4 Å². The van der Waals surface area contributed by atoms with Gasteiger partial charge in [0.25, 0.3) is 0 Å². The molecular weight excluding hydrogens is 309 g/mol. The lowest BCUT2D eigenvalue weighted by Crippen LogP contribution is -2.25. The number of hydrogen-bond acceptors (Lipinski definition) is 5. The first kappa shape index (κ1) is 15.5. The van der Waals surface area contributed by atoms with Crippen molar-refractivity contribution >= 4 is 21.2 Å². The van der Waals surface area contributed by atoms with Gasteiger partial charge in [-0.25, -0.2) is 17.9 Å². The Balaban J connectivity index is 2.34. The fourth-order valence-corrected chi connectivity index (χ4v) is 2.89. The molecule has 0 amide bonds. The van der Waals surface area contributed by atoms with Crippen molar-refractivity contribution < 1.29 is 21.6 Å². The lowest BCUT2D eigenvalue weighted by Gasteiger charge is -2.13. The van der Waals surface area contributed by atoms with Crippen LogP contribution in [0.15, 0.2) is 18.5 Å². The number of halogens is 3. The molecule has 1 unspecified atom stereocenters. The van der Waals surface area contributed by atoms with Gasteiger partial charge in [0.15, 0.2) is 11.5 Å². The molecule has 1 atom stereocenters. The Morgan fingerprint density at radius 1 is 1.43 bits per heavy atom. The van der Waals surface area contributed by atoms with E-state index in [1.165, 1.54) is 12.4 Å². The zero-order valence-corrected chi connectivity index (χ0v) is 12.0. The van der Waals surface area contributed by atoms with E-state index in [0.29, 0.717) is 0 Å². The molecule has 116 valence electrons. The van der Waals surface area contributed by atoms with E-state index in [1.807, 2.05) is 0 Å². The predicted molar refractivity (Wildman–Crippen MR) is 70.8 cm³/mol. The Morgan fingerprint density at radius 2 is 2.10 bits per heavy atom. The van der Waals surface area contributed by atoms with Gasteiger partial charge in [0.05, 0.1) is 5.75 Å². The molecule has 2 rings (SSSR count). The van der Waals surface area contributed by atoms with Crippen molar-refractivity contribution in [2.45, 2.75) is 19.1 Å². The summed E-state index contributed by atoms with van der Waals surface area (Å²) in [6, 6.07) is 0.366. The zero-order valence-electron chi connectivity index (χ0n) is 11.2. The number of fused-ring (bicyclic) bond motifs is 1. The van der Waals surface area contributed by atoms with Crippen molar-refractivity contribution in [3.63, 3.8) is 0 Å². The smallest absolute Gasteiger partial charge is 0.365 e. The molecular formula is C11H13F3N4O2S. The third kappa shape index (κ3) is 3.84. The van der Waals surface area contributed by atoms with E-state index in [4.69, 9.17) is 0 Å². The molecule has 2 heterocycles. The van der Waals surface area contributed by atoms with Gasteiger partial charge in [-0.15, -0.1) is 0 Å². The molecule has 0 saturated carbocycles. The fourth-order valence-electron chi connectivity index (χ4n) is 1.90. The van der Waals surface area contributed by atoms with Gasteiger partial charge in [0.1, 0.15) is 15.4 Å². The van der Waals surface area contributed by atoms with Crippen LogP contribution in [0, 0.1) is 0 Å². The second-order valence-electron chi connectivity index (χ2n) is 4.77. The third-order valence-corrected chi connectivity index (χ3v) is 3.72. The quantitative estimate of drug-likeness (QED) is 0.925. The van der Waals surface area contributed by atoms with Crippen molar-refractivity contribution in [1.29, 1.82) is 0 Å². The minimum Gasteiger partial charge on any atom is -0.365 e. The molecule has 0 aliphatic carbocycles. The van der Waals surface area contributed by atoms with Gasteiger partial charge in [-0.2, -0.15) is 18.3 Å². The van der Waals surface area contributed by atoms with Crippen LogP contribution in [0.25, 0.3) is 5.52 Å². The first-order valence-electron chi connectivity index (χ1n) is 5.92. The number of hydrogen-bond donors (Lipinski definition) is 1. The highest BCUT2D eigenvalue weighted by Gasteiger charge is 2.34. The number of anilines is 1. The van der Waals surface area contributed by atoms with E-state index < -0.39 is 27.7 Å². The first-order chi connectivity index (χ1) is 9.56. The van der Waals surface area contributed by atoms with E-state index in [9.17, 15) is 21.6 Å². The summed E-state index contributed by atoms with van der Waals surface area (Å²) >= 11 is 0. The molecule has 0 aliphatic heterocycles. The summed E-state index contributed by atoms with van der Waals surface area (Å²) in [6.45, 7) is 1.60. The first-order valence-corrected chi connectivity index (χ1v) is 7.98. The topological polar surface area (TPSA) is 76.4 Å². The summed E-state index contributed by atoms with van der Waals surface area (Å²) in [5.74, 6) is -0.00707. The van der Waals surface area contributed by atoms with Gasteiger partial charge >= 0.3 is 6.18 Å². The number of aromatic nitrogens is 3. The molecule has 21 heavy (non-hydrogen) atoms. The summed E-state index contributed by atoms with van der Waals surface area (Å²) in [5.41, 5.74) is -0.903. The highest BCUT2D eigenvalue weighted by molar-refractivity contribution is 7.90. The van der Waals surface area contributed by atoms with Crippen molar-refractivity contribution in [2.75, 3.05) is 17.3 Å². The summed E-state index contributed by atoms with van der Waals surface area (Å²) in [6.07, 6.45) is -0.895. The van der Waals surface area contributed by atoms with Crippen LogP contribution in [0.2, 0.25) is 0 Å². The number of alkyl halides is 3. The predicted octanol–water partition coefficient (Wildman–Crippen LogP) is 1.59. The maximum absolute atomic E-state index is 12.6. The fraction of sp³-hybridized carbons (Fsp3) is 0.455. The van der Waals surface area contributed by atoms with Crippen molar-refractivity contribution in [1.82, 2.24) is 14.6 Å². The highest BCUT2D eigenvalue weighted by Crippen LogP contribution is 2.30. The maximum Gasteiger partial charge on any atom is 0.435 e. The Kier molecular flexibility index (Phi) is 3.83. The second-order valence-corrected chi connectivity index (χ2v) is 6.96. The minimum absolute atomic E-state index is 0.130. The van der Waals surface area contributed by atoms with Crippen LogP contribution in [0.3, 0.4) is 0 Å². The number of nitrogens with one attached hydrogen (secondary N) is 1. The van der Waals surface area contributed by atoms with Crippen LogP contribution in [0.5, 0.6) is 0 Å². The van der Waals surface area contributed by atoms with Gasteiger partial charge < -0.3 is 5.32 Å². The largest absolute Gasteiger partial charge is 0.435 e. The Bertz CT molecular complexity index is 754. The lowest BCUT2D eigenvalue weighted by atomic mass is 10.3. The number of nitrogens with zero attached hydrogens (tertiary/aromatic N) is 3. The van der Waals surface area contributed by atoms with Crippen LogP contribution in [0.4, 0.5) is 19.0 Å². The summed E-state index contributed by atoms with van der Waals surface area (Å²) < 4.78 is 61.4. The molecule has 6 nitrogen and oxygen atoms in total. The van der Waals surface area contributed by atoms with Gasteiger partial charge in [-0.3, -0.25) is 0 Å². The molecule has 0 bridgehead atoms. The van der Waals surface area contributed by atoms with Crippen LogP contribution < -0.4 is 5.32 Å². The van der Waals surface area contributed by atoms with E-state index in [1.54, 1.807) is 6.92 Å². The van der Waals surface area contributed by atoms with Crippen LogP contribution >= 0.6 is 0 Å². The van der Waals surface area contributed by atoms with Crippen molar-refractivity contribution in [3.8, 4) is 0 Å². The van der Waals surface area contributed by atoms with Crippen LogP contribution in [-0.2, 0) is 16.0 Å². The Labute approximate surface area is 118 Å². The second kappa shape index (κ2) is 5.17. The standard InChI is InChI=1S/C11H13F3N4O2S/c1-7(6-21(2,19)20)16-10-8-5-9(11(12,13)14)17-18(8)4-3-15-10/h3-5,7H,6H2,1-2H3,(H,15,16). The Hall–Kier alpha value is -1.84. The van der Waals surface area contributed by atoms with E-state index in [-0.39, 0.29) is 17.1 Å². The van der Waals surface area contributed by atoms with Gasteiger partial charge in [0, 0.05) is 30.8 Å². The molecule has 0 spiro atoms. The van der Waals surface area contributed by atoms with Crippen molar-refractivity contribution in [3.05, 3.63) is 24.2 Å². The summed E-state index contributed by atoms with van der Waals surface area (Å²) in [7, 11) is -3.21. The van der Waals surface area contributed by atoms with E-state index >= 15 is 0 Å². The average molecular weight is 322 g/mol. The third-order valence-electron chi connectivity index (χ3n) is 2.62. The van der Waals surface area contributed by atoms with Gasteiger partial charge in [-0.05, 0) is 6.92 Å². The normalized spacial score (nSPS) is 14.3.